The highest BCUT2D eigenvalue weighted by Gasteiger charge is 2.32. The van der Waals surface area contributed by atoms with Gasteiger partial charge in [-0.1, -0.05) is 12.1 Å². The van der Waals surface area contributed by atoms with Gasteiger partial charge in [0.05, 0.1) is 38.0 Å². The molecule has 2 amide bonds. The van der Waals surface area contributed by atoms with Crippen molar-refractivity contribution >= 4 is 17.5 Å². The van der Waals surface area contributed by atoms with Gasteiger partial charge >= 0.3 is 0 Å². The summed E-state index contributed by atoms with van der Waals surface area (Å²) in [7, 11) is 1.61. The van der Waals surface area contributed by atoms with Crippen molar-refractivity contribution in [1.82, 2.24) is 10.2 Å². The average molecular weight is 395 g/mol. The molecule has 0 radical (unpaired) electrons. The molecule has 152 valence electrons. The smallest absolute Gasteiger partial charge is 0.259 e. The van der Waals surface area contributed by atoms with Crippen molar-refractivity contribution in [3.63, 3.8) is 0 Å². The summed E-state index contributed by atoms with van der Waals surface area (Å²) in [5.74, 6) is 0.377. The monoisotopic (exact) mass is 395 g/mol. The normalized spacial score (nSPS) is 16.6. The molecule has 0 saturated carbocycles. The second-order valence-corrected chi connectivity index (χ2v) is 7.14. The number of nitrogens with zero attached hydrogens (tertiary/aromatic N) is 2. The third-order valence-corrected chi connectivity index (χ3v) is 5.38. The van der Waals surface area contributed by atoms with Crippen molar-refractivity contribution in [1.29, 1.82) is 0 Å². The zero-order valence-corrected chi connectivity index (χ0v) is 16.5. The zero-order chi connectivity index (χ0) is 20.2. The first kappa shape index (κ1) is 19.4. The van der Waals surface area contributed by atoms with Crippen LogP contribution in [0, 0.1) is 0 Å². The minimum atomic E-state index is -0.208. The summed E-state index contributed by atoms with van der Waals surface area (Å²) in [6, 6.07) is 12.8. The molecule has 0 spiro atoms. The van der Waals surface area contributed by atoms with Gasteiger partial charge in [-0.3, -0.25) is 14.5 Å². The average Bonchev–Trinajstić information content (AvgIpc) is 3.11. The predicted molar refractivity (Wildman–Crippen MR) is 110 cm³/mol. The third kappa shape index (κ3) is 4.11. The highest BCUT2D eigenvalue weighted by molar-refractivity contribution is 6.16. The maximum atomic E-state index is 13.1. The number of hydrogen-bond donors (Lipinski definition) is 1. The van der Waals surface area contributed by atoms with Crippen LogP contribution in [0.1, 0.15) is 26.3 Å². The Morgan fingerprint density at radius 2 is 1.90 bits per heavy atom. The molecule has 1 saturated heterocycles. The molecule has 29 heavy (non-hydrogen) atoms. The van der Waals surface area contributed by atoms with E-state index in [0.29, 0.717) is 24.2 Å². The fraction of sp³-hybridized carbons (Fsp3) is 0.364. The van der Waals surface area contributed by atoms with Crippen molar-refractivity contribution in [2.75, 3.05) is 51.4 Å². The van der Waals surface area contributed by atoms with Crippen LogP contribution in [0.5, 0.6) is 5.75 Å². The lowest BCUT2D eigenvalue weighted by atomic mass is 10.0. The van der Waals surface area contributed by atoms with Gasteiger partial charge in [0.2, 0.25) is 0 Å². The molecule has 2 aliphatic heterocycles. The third-order valence-electron chi connectivity index (χ3n) is 5.38. The molecule has 4 rings (SSSR count). The number of amides is 2. The van der Waals surface area contributed by atoms with Crippen LogP contribution in [0.4, 0.5) is 5.69 Å². The SMILES string of the molecule is COc1ccc(N2Cc3cccc(C(=O)NCCN4CCOCC4)c3C2=O)cc1. The number of carbonyl (C=O) groups excluding carboxylic acids is 2. The molecule has 2 aliphatic rings. The predicted octanol–water partition coefficient (Wildman–Crippen LogP) is 1.92. The Hall–Kier alpha value is -2.90. The molecule has 0 bridgehead atoms. The highest BCUT2D eigenvalue weighted by Crippen LogP contribution is 2.31. The first-order valence-corrected chi connectivity index (χ1v) is 9.83. The Morgan fingerprint density at radius 3 is 2.62 bits per heavy atom. The molecule has 0 aliphatic carbocycles. The number of fused-ring (bicyclic) bond motifs is 1. The van der Waals surface area contributed by atoms with Crippen LogP contribution in [-0.4, -0.2) is 63.2 Å². The number of anilines is 1. The van der Waals surface area contributed by atoms with E-state index in [-0.39, 0.29) is 11.8 Å². The number of carbonyl (C=O) groups is 2. The van der Waals surface area contributed by atoms with Crippen molar-refractivity contribution in [2.45, 2.75) is 6.54 Å². The maximum absolute atomic E-state index is 13.1. The summed E-state index contributed by atoms with van der Waals surface area (Å²) in [5, 5.41) is 2.96. The number of rotatable bonds is 6. The maximum Gasteiger partial charge on any atom is 0.259 e. The number of ether oxygens (including phenoxy) is 2. The lowest BCUT2D eigenvalue weighted by Gasteiger charge is -2.26. The van der Waals surface area contributed by atoms with E-state index in [9.17, 15) is 9.59 Å². The van der Waals surface area contributed by atoms with Crippen molar-refractivity contribution < 1.29 is 19.1 Å². The molecular formula is C22H25N3O4. The molecule has 7 nitrogen and oxygen atoms in total. The Balaban J connectivity index is 1.45. The highest BCUT2D eigenvalue weighted by atomic mass is 16.5. The van der Waals surface area contributed by atoms with Gasteiger partial charge in [-0.25, -0.2) is 0 Å². The standard InChI is InChI=1S/C22H25N3O4/c1-28-18-7-5-17(6-8-18)25-15-16-3-2-4-19(20(16)22(25)27)21(26)23-9-10-24-11-13-29-14-12-24/h2-8H,9-15H2,1H3,(H,23,26). The van der Waals surface area contributed by atoms with Crippen LogP contribution in [0.15, 0.2) is 42.5 Å². The summed E-state index contributed by atoms with van der Waals surface area (Å²) in [4.78, 5) is 29.8. The summed E-state index contributed by atoms with van der Waals surface area (Å²) in [6.07, 6.45) is 0. The molecule has 0 atom stereocenters. The van der Waals surface area contributed by atoms with Gasteiger partial charge in [0.15, 0.2) is 0 Å². The van der Waals surface area contributed by atoms with Gasteiger partial charge in [-0.05, 0) is 35.9 Å². The topological polar surface area (TPSA) is 71.1 Å². The summed E-state index contributed by atoms with van der Waals surface area (Å²) >= 11 is 0. The van der Waals surface area contributed by atoms with E-state index in [1.54, 1.807) is 18.1 Å². The van der Waals surface area contributed by atoms with E-state index in [0.717, 1.165) is 49.8 Å². The van der Waals surface area contributed by atoms with Crippen molar-refractivity contribution in [3.8, 4) is 5.75 Å². The van der Waals surface area contributed by atoms with E-state index >= 15 is 0 Å². The molecule has 2 aromatic rings. The molecule has 2 aromatic carbocycles. The van der Waals surface area contributed by atoms with Gasteiger partial charge in [0.25, 0.3) is 11.8 Å². The van der Waals surface area contributed by atoms with E-state index in [2.05, 4.69) is 10.2 Å². The zero-order valence-electron chi connectivity index (χ0n) is 16.5. The van der Waals surface area contributed by atoms with Crippen LogP contribution >= 0.6 is 0 Å². The molecule has 0 unspecified atom stereocenters. The Morgan fingerprint density at radius 1 is 1.14 bits per heavy atom. The second kappa shape index (κ2) is 8.63. The molecule has 0 aromatic heterocycles. The van der Waals surface area contributed by atoms with E-state index in [1.165, 1.54) is 0 Å². The van der Waals surface area contributed by atoms with Crippen molar-refractivity contribution in [3.05, 3.63) is 59.2 Å². The van der Waals surface area contributed by atoms with Gasteiger partial charge in [0, 0.05) is 31.9 Å². The van der Waals surface area contributed by atoms with E-state index < -0.39 is 0 Å². The van der Waals surface area contributed by atoms with Crippen LogP contribution in [-0.2, 0) is 11.3 Å². The Labute approximate surface area is 170 Å². The Kier molecular flexibility index (Phi) is 5.78. The number of hydrogen-bond acceptors (Lipinski definition) is 5. The summed E-state index contributed by atoms with van der Waals surface area (Å²) < 4.78 is 10.5. The van der Waals surface area contributed by atoms with Crippen LogP contribution < -0.4 is 15.0 Å². The van der Waals surface area contributed by atoms with Gasteiger partial charge in [0.1, 0.15) is 5.75 Å². The van der Waals surface area contributed by atoms with Crippen LogP contribution in [0.3, 0.4) is 0 Å². The lowest BCUT2D eigenvalue weighted by Crippen LogP contribution is -2.41. The number of nitrogens with one attached hydrogen (secondary N) is 1. The lowest BCUT2D eigenvalue weighted by molar-refractivity contribution is 0.0383. The Bertz CT molecular complexity index is 891. The summed E-state index contributed by atoms with van der Waals surface area (Å²) in [5.41, 5.74) is 2.58. The van der Waals surface area contributed by atoms with Gasteiger partial charge in [-0.15, -0.1) is 0 Å². The first-order chi connectivity index (χ1) is 14.2. The molecule has 7 heteroatoms. The summed E-state index contributed by atoms with van der Waals surface area (Å²) in [6.45, 7) is 4.99. The molecular weight excluding hydrogens is 370 g/mol. The molecule has 2 heterocycles. The minimum Gasteiger partial charge on any atom is -0.497 e. The van der Waals surface area contributed by atoms with Crippen LogP contribution in [0.25, 0.3) is 0 Å². The fourth-order valence-corrected chi connectivity index (χ4v) is 3.77. The minimum absolute atomic E-state index is 0.149. The largest absolute Gasteiger partial charge is 0.497 e. The number of methoxy groups -OCH3 is 1. The second-order valence-electron chi connectivity index (χ2n) is 7.14. The van der Waals surface area contributed by atoms with Gasteiger partial charge < -0.3 is 19.7 Å². The molecule has 1 N–H and O–H groups in total. The van der Waals surface area contributed by atoms with E-state index in [1.807, 2.05) is 36.4 Å². The molecule has 1 fully saturated rings. The fourth-order valence-electron chi connectivity index (χ4n) is 3.77. The van der Waals surface area contributed by atoms with Crippen LogP contribution in [0.2, 0.25) is 0 Å². The number of morpholine rings is 1. The first-order valence-electron chi connectivity index (χ1n) is 9.83. The van der Waals surface area contributed by atoms with Gasteiger partial charge in [-0.2, -0.15) is 0 Å². The van der Waals surface area contributed by atoms with Crippen molar-refractivity contribution in [2.24, 2.45) is 0 Å². The quantitative estimate of drug-likeness (QED) is 0.809. The van der Waals surface area contributed by atoms with E-state index in [4.69, 9.17) is 9.47 Å². The number of benzene rings is 2.